The quantitative estimate of drug-likeness (QED) is 0.676. The topological polar surface area (TPSA) is 61.1 Å². The third-order valence-corrected chi connectivity index (χ3v) is 1.01. The second-order valence-corrected chi connectivity index (χ2v) is 2.62. The van der Waals surface area contributed by atoms with Gasteiger partial charge < -0.3 is 5.11 Å². The van der Waals surface area contributed by atoms with E-state index >= 15 is 0 Å². The summed E-state index contributed by atoms with van der Waals surface area (Å²) in [5.41, 5.74) is 0. The molecule has 0 rings (SSSR count). The number of carboxylic acid groups (broad SMARTS) is 1. The largest absolute Gasteiger partial charge is 0.481 e. The summed E-state index contributed by atoms with van der Waals surface area (Å²) in [6.45, 7) is 3.41. The molecule has 0 aromatic rings. The second kappa shape index (κ2) is 4.73. The number of carboxylic acids is 1. The number of nitrogens with zero attached hydrogens (tertiary/aromatic N) is 1. The van der Waals surface area contributed by atoms with Crippen LogP contribution in [0.5, 0.6) is 0 Å². The van der Waals surface area contributed by atoms with E-state index in [1.165, 1.54) is 6.07 Å². The van der Waals surface area contributed by atoms with Crippen molar-refractivity contribution in [3.63, 3.8) is 0 Å². The Hall–Kier alpha value is -1.04. The summed E-state index contributed by atoms with van der Waals surface area (Å²) in [4.78, 5) is 10.6. The molecule has 0 bridgehead atoms. The van der Waals surface area contributed by atoms with E-state index in [1.807, 2.05) is 0 Å². The predicted octanol–water partition coefficient (Wildman–Crippen LogP) is 1.65. The molecule has 3 nitrogen and oxygen atoms in total. The van der Waals surface area contributed by atoms with Crippen LogP contribution in [0, 0.1) is 23.1 Å². The molecular weight excluding hydrogens is 142 g/mol. The molecule has 1 N–H and O–H groups in total. The Morgan fingerprint density at radius 3 is 2.73 bits per heavy atom. The lowest BCUT2D eigenvalue weighted by Gasteiger charge is -2.07. The van der Waals surface area contributed by atoms with Crippen LogP contribution in [-0.2, 0) is 4.79 Å². The number of rotatable bonds is 4. The number of carbonyl (C=O) groups is 1. The predicted molar refractivity (Wildman–Crippen MR) is 40.8 cm³/mol. The maximum absolute atomic E-state index is 10.6. The van der Waals surface area contributed by atoms with Crippen LogP contribution in [0.4, 0.5) is 0 Å². The standard InChI is InChI=1S/C8H13NO2/c1-6(2)3-7(5-9)4-8(10)11/h6-7H,3-4H2,1-2H3,(H,10,11)/i4D2,7D. The first-order chi connectivity index (χ1) is 6.17. The number of aliphatic carboxylic acids is 1. The van der Waals surface area contributed by atoms with Crippen LogP contribution >= 0.6 is 0 Å². The first kappa shape index (κ1) is 5.59. The fraction of sp³-hybridized carbons (Fsp3) is 0.750. The van der Waals surface area contributed by atoms with Crippen molar-refractivity contribution in [2.45, 2.75) is 26.6 Å². The first-order valence-electron chi connectivity index (χ1n) is 4.82. The molecule has 0 saturated carbocycles. The first-order valence-corrected chi connectivity index (χ1v) is 3.32. The van der Waals surface area contributed by atoms with Crippen LogP contribution < -0.4 is 0 Å². The SMILES string of the molecule is [2H]C(C#N)(CC(C)C)C([2H])([2H])C(=O)O. The Morgan fingerprint density at radius 2 is 2.45 bits per heavy atom. The van der Waals surface area contributed by atoms with Crippen molar-refractivity contribution in [1.29, 1.82) is 5.26 Å². The van der Waals surface area contributed by atoms with Gasteiger partial charge in [0.1, 0.15) is 0 Å². The van der Waals surface area contributed by atoms with Crippen molar-refractivity contribution < 1.29 is 14.0 Å². The highest BCUT2D eigenvalue weighted by atomic mass is 16.4. The smallest absolute Gasteiger partial charge is 0.304 e. The zero-order valence-corrected chi connectivity index (χ0v) is 6.59. The second-order valence-electron chi connectivity index (χ2n) is 2.62. The highest BCUT2D eigenvalue weighted by Crippen LogP contribution is 2.13. The molecule has 0 saturated heterocycles. The Labute approximate surface area is 70.9 Å². The highest BCUT2D eigenvalue weighted by Gasteiger charge is 2.13. The number of hydrogen-bond acceptors (Lipinski definition) is 2. The van der Waals surface area contributed by atoms with Gasteiger partial charge in [-0.05, 0) is 12.3 Å². The van der Waals surface area contributed by atoms with E-state index in [1.54, 1.807) is 13.8 Å². The van der Waals surface area contributed by atoms with Gasteiger partial charge in [0.15, 0.2) is 0 Å². The Kier molecular flexibility index (Phi) is 2.40. The molecule has 0 aliphatic rings. The minimum atomic E-state index is -2.84. The Morgan fingerprint density at radius 1 is 1.91 bits per heavy atom. The van der Waals surface area contributed by atoms with E-state index in [9.17, 15) is 4.79 Å². The maximum Gasteiger partial charge on any atom is 0.304 e. The van der Waals surface area contributed by atoms with Gasteiger partial charge in [-0.2, -0.15) is 5.26 Å². The van der Waals surface area contributed by atoms with Crippen LogP contribution in [0.15, 0.2) is 0 Å². The molecule has 0 aliphatic carbocycles. The van der Waals surface area contributed by atoms with E-state index in [0.717, 1.165) is 0 Å². The van der Waals surface area contributed by atoms with Crippen molar-refractivity contribution in [1.82, 2.24) is 0 Å². The van der Waals surface area contributed by atoms with Gasteiger partial charge in [0.2, 0.25) is 0 Å². The third-order valence-electron chi connectivity index (χ3n) is 1.01. The van der Waals surface area contributed by atoms with Gasteiger partial charge in [-0.1, -0.05) is 13.8 Å². The summed E-state index contributed by atoms with van der Waals surface area (Å²) in [7, 11) is 0. The van der Waals surface area contributed by atoms with Gasteiger partial charge in [0.05, 0.1) is 18.3 Å². The Bertz CT molecular complexity index is 272. The van der Waals surface area contributed by atoms with Crippen molar-refractivity contribution in [3.05, 3.63) is 0 Å². The Balaban J connectivity index is 5.06. The molecule has 62 valence electrons. The molecule has 0 heterocycles. The average Bonchev–Trinajstić information content (AvgIpc) is 2.02. The molecule has 0 radical (unpaired) electrons. The summed E-state index contributed by atoms with van der Waals surface area (Å²) in [5.74, 6) is -4.11. The van der Waals surface area contributed by atoms with Crippen LogP contribution in [0.1, 0.15) is 30.8 Å². The van der Waals surface area contributed by atoms with Crippen molar-refractivity contribution >= 4 is 5.97 Å². The average molecular weight is 158 g/mol. The van der Waals surface area contributed by atoms with Crippen LogP contribution in [0.3, 0.4) is 0 Å². The minimum absolute atomic E-state index is 0.108. The van der Waals surface area contributed by atoms with Gasteiger partial charge in [0, 0.05) is 4.11 Å². The molecule has 0 aromatic carbocycles. The zero-order chi connectivity index (χ0) is 11.6. The molecule has 0 spiro atoms. The summed E-state index contributed by atoms with van der Waals surface area (Å²) >= 11 is 0. The molecule has 0 aliphatic heterocycles. The summed E-state index contributed by atoms with van der Waals surface area (Å²) in [6.07, 6.45) is -2.95. The molecular formula is C8H13NO2. The normalized spacial score (nSPS) is 20.7. The van der Waals surface area contributed by atoms with E-state index in [-0.39, 0.29) is 12.3 Å². The van der Waals surface area contributed by atoms with E-state index < -0.39 is 18.2 Å². The lowest BCUT2D eigenvalue weighted by atomic mass is 9.96. The number of hydrogen-bond donors (Lipinski definition) is 1. The molecule has 0 aromatic heterocycles. The monoisotopic (exact) mass is 158 g/mol. The fourth-order valence-electron chi connectivity index (χ4n) is 0.662. The number of nitriles is 1. The summed E-state index contributed by atoms with van der Waals surface area (Å²) < 4.78 is 21.9. The van der Waals surface area contributed by atoms with E-state index in [2.05, 4.69) is 0 Å². The molecule has 1 unspecified atom stereocenters. The molecule has 0 amide bonds. The molecule has 0 fully saturated rings. The maximum atomic E-state index is 10.6. The van der Waals surface area contributed by atoms with Gasteiger partial charge in [-0.25, -0.2) is 0 Å². The molecule has 11 heavy (non-hydrogen) atoms. The van der Waals surface area contributed by atoms with Crippen molar-refractivity contribution in [3.8, 4) is 6.07 Å². The van der Waals surface area contributed by atoms with Crippen molar-refractivity contribution in [2.24, 2.45) is 11.8 Å². The van der Waals surface area contributed by atoms with E-state index in [4.69, 9.17) is 14.5 Å². The lowest BCUT2D eigenvalue weighted by molar-refractivity contribution is -0.137. The van der Waals surface area contributed by atoms with Gasteiger partial charge >= 0.3 is 5.97 Å². The zero-order valence-electron chi connectivity index (χ0n) is 9.59. The van der Waals surface area contributed by atoms with Crippen LogP contribution in [0.2, 0.25) is 0 Å². The minimum Gasteiger partial charge on any atom is -0.481 e. The highest BCUT2D eigenvalue weighted by molar-refractivity contribution is 5.67. The molecule has 1 atom stereocenters. The van der Waals surface area contributed by atoms with Crippen molar-refractivity contribution in [2.75, 3.05) is 0 Å². The van der Waals surface area contributed by atoms with Gasteiger partial charge in [-0.15, -0.1) is 0 Å². The van der Waals surface area contributed by atoms with Gasteiger partial charge in [-0.3, -0.25) is 4.79 Å². The lowest BCUT2D eigenvalue weighted by Crippen LogP contribution is -2.08. The summed E-state index contributed by atoms with van der Waals surface area (Å²) in [6, 6.07) is 1.44. The van der Waals surface area contributed by atoms with Crippen LogP contribution in [-0.4, -0.2) is 11.1 Å². The molecule has 3 heteroatoms. The van der Waals surface area contributed by atoms with Gasteiger partial charge in [0.25, 0.3) is 0 Å². The fourth-order valence-corrected chi connectivity index (χ4v) is 0.662. The summed E-state index contributed by atoms with van der Waals surface area (Å²) in [5, 5.41) is 17.3. The third kappa shape index (κ3) is 5.41. The van der Waals surface area contributed by atoms with E-state index in [0.29, 0.717) is 0 Å². The van der Waals surface area contributed by atoms with Crippen LogP contribution in [0.25, 0.3) is 0 Å².